The number of nitriles is 1. The molecule has 0 aromatic carbocycles. The lowest BCUT2D eigenvalue weighted by molar-refractivity contribution is -0.138. The van der Waals surface area contributed by atoms with Crippen molar-refractivity contribution in [1.29, 1.82) is 5.26 Å². The van der Waals surface area contributed by atoms with Crippen LogP contribution < -0.4 is 0 Å². The maximum absolute atomic E-state index is 10.7. The Morgan fingerprint density at radius 3 is 2.88 bits per heavy atom. The van der Waals surface area contributed by atoms with Gasteiger partial charge in [-0.3, -0.25) is 9.69 Å². The summed E-state index contributed by atoms with van der Waals surface area (Å²) in [6.45, 7) is 1.93. The molecule has 1 saturated heterocycles. The zero-order valence-electron chi connectivity index (χ0n) is 9.48. The van der Waals surface area contributed by atoms with Crippen LogP contribution in [0, 0.1) is 16.7 Å². The van der Waals surface area contributed by atoms with Crippen LogP contribution in [0.2, 0.25) is 0 Å². The minimum atomic E-state index is -0.706. The van der Waals surface area contributed by atoms with Gasteiger partial charge in [-0.05, 0) is 37.6 Å². The number of nitrogens with zero attached hydrogens (tertiary/aromatic N) is 2. The van der Waals surface area contributed by atoms with Gasteiger partial charge in [0.05, 0.1) is 12.5 Å². The van der Waals surface area contributed by atoms with Crippen LogP contribution in [0.25, 0.3) is 0 Å². The lowest BCUT2D eigenvalue weighted by Crippen LogP contribution is -2.36. The topological polar surface area (TPSA) is 64.3 Å². The molecule has 4 heteroatoms. The summed E-state index contributed by atoms with van der Waals surface area (Å²) in [5, 5.41) is 17.6. The summed E-state index contributed by atoms with van der Waals surface area (Å²) < 4.78 is 0. The maximum atomic E-state index is 10.7. The Labute approximate surface area is 95.9 Å². The third-order valence-corrected chi connectivity index (χ3v) is 3.86. The van der Waals surface area contributed by atoms with Crippen molar-refractivity contribution in [2.75, 3.05) is 13.1 Å². The smallest absolute Gasteiger partial charge is 0.304 e. The zero-order valence-corrected chi connectivity index (χ0v) is 9.48. The molecule has 1 N–H and O–H groups in total. The largest absolute Gasteiger partial charge is 0.481 e. The van der Waals surface area contributed by atoms with Crippen LogP contribution >= 0.6 is 0 Å². The average Bonchev–Trinajstić information content (AvgIpc) is 2.82. The van der Waals surface area contributed by atoms with Crippen molar-refractivity contribution >= 4 is 5.97 Å². The molecule has 2 fully saturated rings. The highest BCUT2D eigenvalue weighted by Crippen LogP contribution is 2.49. The number of carbonyl (C=O) groups is 1. The van der Waals surface area contributed by atoms with Crippen LogP contribution in [0.5, 0.6) is 0 Å². The van der Waals surface area contributed by atoms with Crippen LogP contribution in [0.15, 0.2) is 0 Å². The molecule has 0 spiro atoms. The minimum Gasteiger partial charge on any atom is -0.481 e. The van der Waals surface area contributed by atoms with Gasteiger partial charge in [0.25, 0.3) is 0 Å². The van der Waals surface area contributed by atoms with Gasteiger partial charge in [0, 0.05) is 19.0 Å². The van der Waals surface area contributed by atoms with E-state index in [1.165, 1.54) is 0 Å². The fraction of sp³-hybridized carbons (Fsp3) is 0.833. The van der Waals surface area contributed by atoms with Gasteiger partial charge in [-0.25, -0.2) is 0 Å². The van der Waals surface area contributed by atoms with Crippen molar-refractivity contribution in [3.05, 3.63) is 0 Å². The molecule has 2 rings (SSSR count). The number of carboxylic acids is 1. The van der Waals surface area contributed by atoms with Crippen LogP contribution in [0.4, 0.5) is 0 Å². The summed E-state index contributed by atoms with van der Waals surface area (Å²) in [4.78, 5) is 13.0. The fourth-order valence-corrected chi connectivity index (χ4v) is 2.70. The Kier molecular flexibility index (Phi) is 3.15. The first-order valence-electron chi connectivity index (χ1n) is 5.98. The fourth-order valence-electron chi connectivity index (χ4n) is 2.70. The monoisotopic (exact) mass is 222 g/mol. The Hall–Kier alpha value is -1.08. The molecule has 1 atom stereocenters. The van der Waals surface area contributed by atoms with Gasteiger partial charge < -0.3 is 5.11 Å². The SMILES string of the molecule is N#CCC1(CN2CCCC2CC(=O)O)CC1. The summed E-state index contributed by atoms with van der Waals surface area (Å²) in [5.74, 6) is -0.706. The molecule has 16 heavy (non-hydrogen) atoms. The Balaban J connectivity index is 1.89. The van der Waals surface area contributed by atoms with E-state index in [1.54, 1.807) is 0 Å². The molecule has 2 aliphatic rings. The van der Waals surface area contributed by atoms with Gasteiger partial charge in [-0.15, -0.1) is 0 Å². The molecule has 1 unspecified atom stereocenters. The molecule has 1 aliphatic carbocycles. The van der Waals surface area contributed by atoms with Crippen molar-refractivity contribution in [1.82, 2.24) is 4.90 Å². The van der Waals surface area contributed by atoms with E-state index in [0.717, 1.165) is 38.8 Å². The highest BCUT2D eigenvalue weighted by molar-refractivity contribution is 5.67. The van der Waals surface area contributed by atoms with Crippen molar-refractivity contribution < 1.29 is 9.90 Å². The van der Waals surface area contributed by atoms with E-state index in [4.69, 9.17) is 10.4 Å². The van der Waals surface area contributed by atoms with Gasteiger partial charge in [0.15, 0.2) is 0 Å². The summed E-state index contributed by atoms with van der Waals surface area (Å²) in [7, 11) is 0. The molecule has 1 aliphatic heterocycles. The molecule has 0 radical (unpaired) electrons. The number of hydrogen-bond acceptors (Lipinski definition) is 3. The molecule has 1 saturated carbocycles. The number of hydrogen-bond donors (Lipinski definition) is 1. The van der Waals surface area contributed by atoms with E-state index in [-0.39, 0.29) is 17.9 Å². The molecular formula is C12H18N2O2. The molecule has 0 amide bonds. The van der Waals surface area contributed by atoms with Crippen molar-refractivity contribution in [2.24, 2.45) is 5.41 Å². The van der Waals surface area contributed by atoms with Gasteiger partial charge in [0.1, 0.15) is 0 Å². The first-order valence-corrected chi connectivity index (χ1v) is 5.98. The Bertz CT molecular complexity index is 317. The third-order valence-electron chi connectivity index (χ3n) is 3.86. The summed E-state index contributed by atoms with van der Waals surface area (Å²) in [6.07, 6.45) is 5.25. The van der Waals surface area contributed by atoms with Gasteiger partial charge in [0.2, 0.25) is 0 Å². The van der Waals surface area contributed by atoms with Gasteiger partial charge >= 0.3 is 5.97 Å². The van der Waals surface area contributed by atoms with Gasteiger partial charge in [-0.2, -0.15) is 5.26 Å². The van der Waals surface area contributed by atoms with E-state index in [2.05, 4.69) is 11.0 Å². The normalized spacial score (nSPS) is 27.6. The van der Waals surface area contributed by atoms with E-state index in [0.29, 0.717) is 6.42 Å². The van der Waals surface area contributed by atoms with Crippen molar-refractivity contribution in [3.8, 4) is 6.07 Å². The van der Waals surface area contributed by atoms with E-state index < -0.39 is 5.97 Å². The standard InChI is InChI=1S/C12H18N2O2/c13-6-5-12(3-4-12)9-14-7-1-2-10(14)8-11(15)16/h10H,1-5,7-9H2,(H,15,16). The van der Waals surface area contributed by atoms with Crippen molar-refractivity contribution in [3.63, 3.8) is 0 Å². The Morgan fingerprint density at radius 2 is 2.31 bits per heavy atom. The van der Waals surface area contributed by atoms with E-state index >= 15 is 0 Å². The molecule has 0 aromatic rings. The molecule has 0 aromatic heterocycles. The van der Waals surface area contributed by atoms with Crippen LogP contribution in [-0.2, 0) is 4.79 Å². The van der Waals surface area contributed by atoms with E-state index in [1.807, 2.05) is 0 Å². The summed E-state index contributed by atoms with van der Waals surface area (Å²) >= 11 is 0. The highest BCUT2D eigenvalue weighted by Gasteiger charge is 2.45. The number of rotatable bonds is 5. The second-order valence-corrected chi connectivity index (χ2v) is 5.20. The molecule has 88 valence electrons. The van der Waals surface area contributed by atoms with E-state index in [9.17, 15) is 4.79 Å². The first-order chi connectivity index (χ1) is 7.65. The lowest BCUT2D eigenvalue weighted by atomic mass is 10.0. The van der Waals surface area contributed by atoms with Crippen LogP contribution in [0.1, 0.15) is 38.5 Å². The Morgan fingerprint density at radius 1 is 1.56 bits per heavy atom. The maximum Gasteiger partial charge on any atom is 0.304 e. The van der Waals surface area contributed by atoms with Gasteiger partial charge in [-0.1, -0.05) is 0 Å². The number of aliphatic carboxylic acids is 1. The predicted octanol–water partition coefficient (Wildman–Crippen LogP) is 1.62. The molecule has 1 heterocycles. The zero-order chi connectivity index (χ0) is 11.6. The lowest BCUT2D eigenvalue weighted by Gasteiger charge is -2.27. The summed E-state index contributed by atoms with van der Waals surface area (Å²) in [5.41, 5.74) is 0.204. The second kappa shape index (κ2) is 4.42. The average molecular weight is 222 g/mol. The van der Waals surface area contributed by atoms with Crippen LogP contribution in [-0.4, -0.2) is 35.1 Å². The minimum absolute atomic E-state index is 0.202. The number of likely N-dealkylation sites (tertiary alicyclic amines) is 1. The highest BCUT2D eigenvalue weighted by atomic mass is 16.4. The predicted molar refractivity (Wildman–Crippen MR) is 58.7 cm³/mol. The summed E-state index contributed by atoms with van der Waals surface area (Å²) in [6, 6.07) is 2.46. The molecule has 0 bridgehead atoms. The second-order valence-electron chi connectivity index (χ2n) is 5.20. The molecular weight excluding hydrogens is 204 g/mol. The van der Waals surface area contributed by atoms with Crippen molar-refractivity contribution in [2.45, 2.75) is 44.6 Å². The number of carboxylic acid groups (broad SMARTS) is 1. The molecule has 4 nitrogen and oxygen atoms in total. The third kappa shape index (κ3) is 2.53. The first kappa shape index (κ1) is 11.4. The van der Waals surface area contributed by atoms with Crippen LogP contribution in [0.3, 0.4) is 0 Å². The quantitative estimate of drug-likeness (QED) is 0.767.